The minimum Gasteiger partial charge on any atom is -0.324 e. The molecule has 0 aliphatic carbocycles. The Kier molecular flexibility index (Phi) is 6.14. The molecule has 176 valence electrons. The van der Waals surface area contributed by atoms with Crippen LogP contribution in [0.5, 0.6) is 0 Å². The van der Waals surface area contributed by atoms with E-state index in [0.717, 1.165) is 16.6 Å². The van der Waals surface area contributed by atoms with Gasteiger partial charge in [0.25, 0.3) is 0 Å². The van der Waals surface area contributed by atoms with E-state index in [1.807, 2.05) is 43.0 Å². The molecule has 5 rings (SSSR count). The zero-order chi connectivity index (χ0) is 23.8. The molecule has 1 N–H and O–H groups in total. The van der Waals surface area contributed by atoms with Crippen molar-refractivity contribution in [3.8, 4) is 5.69 Å². The average Bonchev–Trinajstić information content (AvgIpc) is 3.23. The summed E-state index contributed by atoms with van der Waals surface area (Å²) in [5, 5.41) is 3.96. The van der Waals surface area contributed by atoms with Crippen LogP contribution in [0.15, 0.2) is 48.8 Å². The summed E-state index contributed by atoms with van der Waals surface area (Å²) in [5.41, 5.74) is 4.13. The second-order valence-electron chi connectivity index (χ2n) is 8.59. The number of nitrogens with zero attached hydrogens (tertiary/aromatic N) is 4. The fourth-order valence-electron chi connectivity index (χ4n) is 4.07. The van der Waals surface area contributed by atoms with Gasteiger partial charge in [0.2, 0.25) is 5.95 Å². The maximum atomic E-state index is 15.0. The molecule has 34 heavy (non-hydrogen) atoms. The van der Waals surface area contributed by atoms with E-state index in [4.69, 9.17) is 0 Å². The second-order valence-corrected chi connectivity index (χ2v) is 10.3. The maximum Gasteiger partial charge on any atom is 0.229 e. The smallest absolute Gasteiger partial charge is 0.229 e. The molecule has 0 atom stereocenters. The lowest BCUT2D eigenvalue weighted by Gasteiger charge is -2.26. The fraction of sp³-hybridized carbons (Fsp3) is 0.280. The van der Waals surface area contributed by atoms with Gasteiger partial charge in [-0.1, -0.05) is 6.07 Å². The van der Waals surface area contributed by atoms with Crippen molar-refractivity contribution in [1.82, 2.24) is 19.4 Å². The number of aryl methyl sites for hydroxylation is 2. The molecule has 1 aliphatic rings. The molecule has 2 aromatic heterocycles. The first-order valence-electron chi connectivity index (χ1n) is 11.1. The first kappa shape index (κ1) is 22.6. The monoisotopic (exact) mass is 481 g/mol. The molecule has 0 spiro atoms. The molecule has 1 aliphatic heterocycles. The highest BCUT2D eigenvalue weighted by Crippen LogP contribution is 2.25. The van der Waals surface area contributed by atoms with E-state index >= 15 is 0 Å². The normalized spacial score (nSPS) is 15.2. The summed E-state index contributed by atoms with van der Waals surface area (Å²) in [7, 11) is -0.834. The first-order valence-corrected chi connectivity index (χ1v) is 12.6. The number of rotatable bonds is 5. The van der Waals surface area contributed by atoms with Gasteiger partial charge in [-0.3, -0.25) is 9.11 Å². The Morgan fingerprint density at radius 1 is 1.03 bits per heavy atom. The van der Waals surface area contributed by atoms with Gasteiger partial charge in [-0.15, -0.1) is 0 Å². The highest BCUT2D eigenvalue weighted by molar-refractivity contribution is 7.85. The molecule has 1 saturated heterocycles. The second kappa shape index (κ2) is 9.23. The quantitative estimate of drug-likeness (QED) is 0.451. The van der Waals surface area contributed by atoms with Gasteiger partial charge >= 0.3 is 0 Å². The van der Waals surface area contributed by atoms with Gasteiger partial charge in [0.05, 0.1) is 5.69 Å². The average molecular weight is 482 g/mol. The van der Waals surface area contributed by atoms with Gasteiger partial charge in [0, 0.05) is 71.0 Å². The molecule has 0 radical (unpaired) electrons. The van der Waals surface area contributed by atoms with Gasteiger partial charge < -0.3 is 9.88 Å². The molecule has 2 aromatic carbocycles. The van der Waals surface area contributed by atoms with Crippen LogP contribution in [0.3, 0.4) is 0 Å². The van der Waals surface area contributed by atoms with Crippen LogP contribution in [0.4, 0.5) is 20.4 Å². The summed E-state index contributed by atoms with van der Waals surface area (Å²) in [6, 6.07) is 10.5. The molecule has 3 heterocycles. The third-order valence-corrected chi connectivity index (χ3v) is 7.52. The number of anilines is 2. The Bertz CT molecular complexity index is 1370. The fourth-order valence-corrected chi connectivity index (χ4v) is 5.20. The predicted octanol–water partition coefficient (Wildman–Crippen LogP) is 4.62. The number of nitrogens with one attached hydrogen (secondary N) is 1. The van der Waals surface area contributed by atoms with E-state index in [2.05, 4.69) is 15.3 Å². The maximum absolute atomic E-state index is 15.0. The standard InChI is InChI=1S/C25H25F2N5OS/c1-16-3-4-19(11-17(16)2)29-25-28-14-18-5-6-32(24(18)30-25)20-12-22(26)21(23(27)13-20)15-31-7-9-34(33)10-8-31/h3-6,11-14H,7-10,15H2,1-2H3,(H,28,29,30). The van der Waals surface area contributed by atoms with Crippen LogP contribution >= 0.6 is 0 Å². The highest BCUT2D eigenvalue weighted by Gasteiger charge is 2.20. The minimum absolute atomic E-state index is 0.0274. The molecule has 0 unspecified atom stereocenters. The Morgan fingerprint density at radius 2 is 1.76 bits per heavy atom. The van der Waals surface area contributed by atoms with Gasteiger partial charge in [-0.05, 0) is 55.3 Å². The first-order chi connectivity index (χ1) is 16.4. The van der Waals surface area contributed by atoms with Crippen LogP contribution < -0.4 is 5.32 Å². The zero-order valence-corrected chi connectivity index (χ0v) is 19.8. The third kappa shape index (κ3) is 4.58. The van der Waals surface area contributed by atoms with Crippen LogP contribution in [-0.2, 0) is 17.3 Å². The zero-order valence-electron chi connectivity index (χ0n) is 19.0. The van der Waals surface area contributed by atoms with Gasteiger partial charge in [-0.2, -0.15) is 4.98 Å². The number of halogens is 2. The predicted molar refractivity (Wildman–Crippen MR) is 131 cm³/mol. The molecule has 6 nitrogen and oxygen atoms in total. The van der Waals surface area contributed by atoms with Crippen molar-refractivity contribution >= 4 is 33.5 Å². The molecular weight excluding hydrogens is 456 g/mol. The van der Waals surface area contributed by atoms with Crippen LogP contribution in [0, 0.1) is 25.5 Å². The van der Waals surface area contributed by atoms with Gasteiger partial charge in [0.1, 0.15) is 17.3 Å². The Labute approximate surface area is 199 Å². The Morgan fingerprint density at radius 3 is 2.47 bits per heavy atom. The van der Waals surface area contributed by atoms with E-state index in [9.17, 15) is 13.0 Å². The van der Waals surface area contributed by atoms with E-state index in [-0.39, 0.29) is 12.1 Å². The topological polar surface area (TPSA) is 63.1 Å². The van der Waals surface area contributed by atoms with E-state index in [1.165, 1.54) is 17.7 Å². The summed E-state index contributed by atoms with van der Waals surface area (Å²) in [5.74, 6) is 0.261. The molecule has 4 aromatic rings. The van der Waals surface area contributed by atoms with Crippen molar-refractivity contribution in [2.75, 3.05) is 29.9 Å². The summed E-state index contributed by atoms with van der Waals surface area (Å²) in [4.78, 5) is 10.9. The van der Waals surface area contributed by atoms with Crippen LogP contribution in [0.1, 0.15) is 16.7 Å². The van der Waals surface area contributed by atoms with E-state index in [0.29, 0.717) is 41.9 Å². The van der Waals surface area contributed by atoms with Crippen molar-refractivity contribution < 1.29 is 13.0 Å². The SMILES string of the molecule is Cc1ccc(Nc2ncc3ccn(-c4cc(F)c(CN5CCS(=O)CC5)c(F)c4)c3n2)cc1C. The lowest BCUT2D eigenvalue weighted by molar-refractivity contribution is 0.282. The number of hydrogen-bond donors (Lipinski definition) is 1. The van der Waals surface area contributed by atoms with Crippen molar-refractivity contribution in [3.63, 3.8) is 0 Å². The van der Waals surface area contributed by atoms with Crippen molar-refractivity contribution in [2.45, 2.75) is 20.4 Å². The lowest BCUT2D eigenvalue weighted by atomic mass is 10.1. The van der Waals surface area contributed by atoms with E-state index in [1.54, 1.807) is 17.0 Å². The Hall–Kier alpha value is -3.17. The summed E-state index contributed by atoms with van der Waals surface area (Å²) < 4.78 is 43.2. The van der Waals surface area contributed by atoms with Crippen LogP contribution in [-0.4, -0.2) is 48.2 Å². The van der Waals surface area contributed by atoms with Gasteiger partial charge in [0.15, 0.2) is 0 Å². The largest absolute Gasteiger partial charge is 0.324 e. The lowest BCUT2D eigenvalue weighted by Crippen LogP contribution is -2.37. The van der Waals surface area contributed by atoms with Crippen molar-refractivity contribution in [2.24, 2.45) is 0 Å². The number of benzene rings is 2. The molecule has 1 fully saturated rings. The molecular formula is C25H25F2N5OS. The number of fused-ring (bicyclic) bond motifs is 1. The third-order valence-electron chi connectivity index (χ3n) is 6.25. The number of hydrogen-bond acceptors (Lipinski definition) is 5. The van der Waals surface area contributed by atoms with Crippen molar-refractivity contribution in [1.29, 1.82) is 0 Å². The van der Waals surface area contributed by atoms with E-state index < -0.39 is 22.4 Å². The number of aromatic nitrogens is 3. The van der Waals surface area contributed by atoms with Crippen LogP contribution in [0.25, 0.3) is 16.7 Å². The summed E-state index contributed by atoms with van der Waals surface area (Å²) in [6.07, 6.45) is 3.41. The van der Waals surface area contributed by atoms with Gasteiger partial charge in [-0.25, -0.2) is 13.8 Å². The van der Waals surface area contributed by atoms with Crippen LogP contribution in [0.2, 0.25) is 0 Å². The van der Waals surface area contributed by atoms with Crippen molar-refractivity contribution in [3.05, 3.63) is 77.1 Å². The molecule has 0 saturated carbocycles. The minimum atomic E-state index is -0.834. The summed E-state index contributed by atoms with van der Waals surface area (Å²) >= 11 is 0. The molecule has 0 bridgehead atoms. The molecule has 9 heteroatoms. The Balaban J connectivity index is 1.43. The highest BCUT2D eigenvalue weighted by atomic mass is 32.2. The molecule has 0 amide bonds. The summed E-state index contributed by atoms with van der Waals surface area (Å²) in [6.45, 7) is 5.39.